The van der Waals surface area contributed by atoms with Crippen molar-refractivity contribution in [2.75, 3.05) is 6.54 Å². The third kappa shape index (κ3) is 3.37. The molecule has 0 aromatic heterocycles. The van der Waals surface area contributed by atoms with E-state index in [1.165, 1.54) is 19.3 Å². The first-order chi connectivity index (χ1) is 7.19. The van der Waals surface area contributed by atoms with Gasteiger partial charge in [-0.1, -0.05) is 32.3 Å². The van der Waals surface area contributed by atoms with E-state index in [0.29, 0.717) is 24.3 Å². The van der Waals surface area contributed by atoms with Gasteiger partial charge in [-0.2, -0.15) is 0 Å². The van der Waals surface area contributed by atoms with Crippen molar-refractivity contribution in [2.24, 2.45) is 5.92 Å². The molecule has 0 bridgehead atoms. The standard InChI is InChI=1S/C13H23NO/c1-4-6-7-8-11(3)14-10-12(5-2)9-13(14)15/h5,11-12H,2,4,6-10H2,1,3H3. The highest BCUT2D eigenvalue weighted by molar-refractivity contribution is 5.79. The van der Waals surface area contributed by atoms with Gasteiger partial charge in [0.2, 0.25) is 5.91 Å². The largest absolute Gasteiger partial charge is 0.339 e. The van der Waals surface area contributed by atoms with E-state index in [9.17, 15) is 4.79 Å². The van der Waals surface area contributed by atoms with Gasteiger partial charge in [-0.3, -0.25) is 4.79 Å². The molecule has 0 aromatic rings. The number of unbranched alkanes of at least 4 members (excludes halogenated alkanes) is 2. The average molecular weight is 209 g/mol. The summed E-state index contributed by atoms with van der Waals surface area (Å²) in [4.78, 5) is 13.7. The summed E-state index contributed by atoms with van der Waals surface area (Å²) in [5, 5.41) is 0. The molecule has 1 rings (SSSR count). The van der Waals surface area contributed by atoms with Gasteiger partial charge in [0, 0.05) is 24.9 Å². The second-order valence-electron chi connectivity index (χ2n) is 4.59. The molecular weight excluding hydrogens is 186 g/mol. The van der Waals surface area contributed by atoms with Crippen LogP contribution in [0.25, 0.3) is 0 Å². The van der Waals surface area contributed by atoms with E-state index in [1.807, 2.05) is 11.0 Å². The predicted molar refractivity (Wildman–Crippen MR) is 63.6 cm³/mol. The van der Waals surface area contributed by atoms with E-state index in [0.717, 1.165) is 13.0 Å². The molecule has 2 heteroatoms. The quantitative estimate of drug-likeness (QED) is 0.486. The van der Waals surface area contributed by atoms with Gasteiger partial charge in [-0.15, -0.1) is 6.58 Å². The molecule has 2 unspecified atom stereocenters. The van der Waals surface area contributed by atoms with E-state index < -0.39 is 0 Å². The lowest BCUT2D eigenvalue weighted by Crippen LogP contribution is -2.34. The summed E-state index contributed by atoms with van der Waals surface area (Å²) in [6.07, 6.45) is 7.48. The lowest BCUT2D eigenvalue weighted by Gasteiger charge is -2.24. The maximum Gasteiger partial charge on any atom is 0.223 e. The molecule has 0 saturated carbocycles. The van der Waals surface area contributed by atoms with Crippen molar-refractivity contribution in [1.29, 1.82) is 0 Å². The summed E-state index contributed by atoms with van der Waals surface area (Å²) in [5.41, 5.74) is 0. The van der Waals surface area contributed by atoms with Crippen molar-refractivity contribution in [2.45, 2.75) is 52.0 Å². The first-order valence-electron chi connectivity index (χ1n) is 6.11. The topological polar surface area (TPSA) is 20.3 Å². The average Bonchev–Trinajstić information content (AvgIpc) is 2.60. The van der Waals surface area contributed by atoms with Gasteiger partial charge in [-0.05, 0) is 13.3 Å². The Kier molecular flexibility index (Phi) is 4.86. The van der Waals surface area contributed by atoms with E-state index in [1.54, 1.807) is 0 Å². The lowest BCUT2D eigenvalue weighted by molar-refractivity contribution is -0.129. The Morgan fingerprint density at radius 1 is 1.60 bits per heavy atom. The molecule has 2 nitrogen and oxygen atoms in total. The van der Waals surface area contributed by atoms with E-state index in [2.05, 4.69) is 20.4 Å². The highest BCUT2D eigenvalue weighted by Crippen LogP contribution is 2.22. The minimum atomic E-state index is 0.309. The fraction of sp³-hybridized carbons (Fsp3) is 0.769. The molecule has 0 radical (unpaired) electrons. The first kappa shape index (κ1) is 12.3. The Bertz CT molecular complexity index is 225. The Morgan fingerprint density at radius 3 is 2.87 bits per heavy atom. The number of hydrogen-bond acceptors (Lipinski definition) is 1. The summed E-state index contributed by atoms with van der Waals surface area (Å²) >= 11 is 0. The van der Waals surface area contributed by atoms with Gasteiger partial charge in [0.1, 0.15) is 0 Å². The molecule has 1 fully saturated rings. The van der Waals surface area contributed by atoms with Crippen LogP contribution in [-0.2, 0) is 4.79 Å². The van der Waals surface area contributed by atoms with Gasteiger partial charge < -0.3 is 4.90 Å². The van der Waals surface area contributed by atoms with Gasteiger partial charge in [0.15, 0.2) is 0 Å². The fourth-order valence-electron chi connectivity index (χ4n) is 2.19. The minimum absolute atomic E-state index is 0.309. The molecule has 2 atom stereocenters. The number of hydrogen-bond donors (Lipinski definition) is 0. The monoisotopic (exact) mass is 209 g/mol. The molecule has 1 saturated heterocycles. The zero-order valence-corrected chi connectivity index (χ0v) is 10.0. The highest BCUT2D eigenvalue weighted by Gasteiger charge is 2.30. The number of carbonyl (C=O) groups excluding carboxylic acids is 1. The van der Waals surface area contributed by atoms with Crippen molar-refractivity contribution in [3.8, 4) is 0 Å². The zero-order chi connectivity index (χ0) is 11.3. The number of likely N-dealkylation sites (tertiary alicyclic amines) is 1. The zero-order valence-electron chi connectivity index (χ0n) is 10.0. The van der Waals surface area contributed by atoms with Gasteiger partial charge in [-0.25, -0.2) is 0 Å². The van der Waals surface area contributed by atoms with Crippen molar-refractivity contribution in [3.63, 3.8) is 0 Å². The lowest BCUT2D eigenvalue weighted by atomic mass is 10.1. The second kappa shape index (κ2) is 5.94. The van der Waals surface area contributed by atoms with E-state index in [-0.39, 0.29) is 0 Å². The summed E-state index contributed by atoms with van der Waals surface area (Å²) in [7, 11) is 0. The normalized spacial score (nSPS) is 23.2. The van der Waals surface area contributed by atoms with Gasteiger partial charge in [0.25, 0.3) is 0 Å². The fourth-order valence-corrected chi connectivity index (χ4v) is 2.19. The number of rotatable bonds is 6. The third-order valence-corrected chi connectivity index (χ3v) is 3.28. The molecule has 86 valence electrons. The van der Waals surface area contributed by atoms with Crippen LogP contribution in [0.2, 0.25) is 0 Å². The van der Waals surface area contributed by atoms with Crippen LogP contribution in [0.3, 0.4) is 0 Å². The molecule has 1 heterocycles. The SMILES string of the molecule is C=CC1CC(=O)N(C(C)CCCCC)C1. The van der Waals surface area contributed by atoms with Gasteiger partial charge >= 0.3 is 0 Å². The summed E-state index contributed by atoms with van der Waals surface area (Å²) in [6, 6.07) is 0.411. The van der Waals surface area contributed by atoms with Crippen molar-refractivity contribution in [1.82, 2.24) is 4.90 Å². The summed E-state index contributed by atoms with van der Waals surface area (Å²) < 4.78 is 0. The number of amides is 1. The van der Waals surface area contributed by atoms with Crippen LogP contribution in [0.15, 0.2) is 12.7 Å². The smallest absolute Gasteiger partial charge is 0.223 e. The third-order valence-electron chi connectivity index (χ3n) is 3.28. The van der Waals surface area contributed by atoms with Crippen LogP contribution >= 0.6 is 0 Å². The Labute approximate surface area is 93.3 Å². The highest BCUT2D eigenvalue weighted by atomic mass is 16.2. The van der Waals surface area contributed by atoms with E-state index >= 15 is 0 Å². The van der Waals surface area contributed by atoms with Crippen molar-refractivity contribution in [3.05, 3.63) is 12.7 Å². The number of carbonyl (C=O) groups is 1. The van der Waals surface area contributed by atoms with Crippen LogP contribution in [0.4, 0.5) is 0 Å². The molecule has 1 aliphatic rings. The molecule has 15 heavy (non-hydrogen) atoms. The molecule has 0 N–H and O–H groups in total. The maximum absolute atomic E-state index is 11.7. The van der Waals surface area contributed by atoms with Crippen molar-refractivity contribution >= 4 is 5.91 Å². The Morgan fingerprint density at radius 2 is 2.33 bits per heavy atom. The molecule has 1 aliphatic heterocycles. The van der Waals surface area contributed by atoms with Crippen LogP contribution < -0.4 is 0 Å². The maximum atomic E-state index is 11.7. The molecule has 0 aromatic carbocycles. The Hall–Kier alpha value is -0.790. The minimum Gasteiger partial charge on any atom is -0.339 e. The first-order valence-corrected chi connectivity index (χ1v) is 6.11. The van der Waals surface area contributed by atoms with Gasteiger partial charge in [0.05, 0.1) is 0 Å². The molecular formula is C13H23NO. The van der Waals surface area contributed by atoms with E-state index in [4.69, 9.17) is 0 Å². The summed E-state index contributed by atoms with van der Waals surface area (Å²) in [5.74, 6) is 0.690. The van der Waals surface area contributed by atoms with Crippen molar-refractivity contribution < 1.29 is 4.79 Å². The molecule has 1 amide bonds. The second-order valence-corrected chi connectivity index (χ2v) is 4.59. The Balaban J connectivity index is 2.35. The number of nitrogens with zero attached hydrogens (tertiary/aromatic N) is 1. The predicted octanol–water partition coefficient (Wildman–Crippen LogP) is 2.99. The van der Waals surface area contributed by atoms with Crippen LogP contribution in [-0.4, -0.2) is 23.4 Å². The molecule has 0 spiro atoms. The summed E-state index contributed by atoms with van der Waals surface area (Å²) in [6.45, 7) is 9.03. The van der Waals surface area contributed by atoms with Crippen LogP contribution in [0.5, 0.6) is 0 Å². The van der Waals surface area contributed by atoms with Crippen LogP contribution in [0.1, 0.15) is 46.0 Å². The van der Waals surface area contributed by atoms with Crippen LogP contribution in [0, 0.1) is 5.92 Å². The molecule has 0 aliphatic carbocycles.